The predicted octanol–water partition coefficient (Wildman–Crippen LogP) is 4.63. The highest BCUT2D eigenvalue weighted by Crippen LogP contribution is 2.56. The molecule has 2 unspecified atom stereocenters. The average Bonchev–Trinajstić information content (AvgIpc) is 3.02. The van der Waals surface area contributed by atoms with Gasteiger partial charge in [-0.25, -0.2) is 13.2 Å². The summed E-state index contributed by atoms with van der Waals surface area (Å²) in [4.78, 5) is 11.3. The number of esters is 1. The molecule has 0 aromatic carbocycles. The first-order chi connectivity index (χ1) is 15.3. The van der Waals surface area contributed by atoms with E-state index in [1.807, 2.05) is 0 Å². The fourth-order valence-electron chi connectivity index (χ4n) is 6.04. The van der Waals surface area contributed by atoms with E-state index >= 15 is 0 Å². The first kappa shape index (κ1) is 26.4. The molecule has 1 heterocycles. The van der Waals surface area contributed by atoms with E-state index in [1.165, 1.54) is 25.3 Å². The zero-order valence-corrected chi connectivity index (χ0v) is 21.2. The molecule has 1 saturated carbocycles. The number of carbonyl (C=O) groups excluding carboxylic acids is 1. The topological polar surface area (TPSA) is 113 Å². The molecule has 0 spiro atoms. The number of carbonyl (C=O) groups is 1. The minimum Gasteiger partial charge on any atom is -0.726 e. The molecule has 8 heteroatoms. The number of aliphatic hydroxyl groups is 1. The maximum absolute atomic E-state index is 11.3. The Morgan fingerprint density at radius 3 is 2.64 bits per heavy atom. The van der Waals surface area contributed by atoms with Crippen molar-refractivity contribution in [2.75, 3.05) is 6.61 Å². The summed E-state index contributed by atoms with van der Waals surface area (Å²) < 4.78 is 42.6. The number of hydrogen-bond donors (Lipinski definition) is 1. The van der Waals surface area contributed by atoms with Crippen LogP contribution in [0.2, 0.25) is 0 Å². The van der Waals surface area contributed by atoms with Crippen molar-refractivity contribution < 1.29 is 31.8 Å². The molecule has 3 rings (SSSR count). The summed E-state index contributed by atoms with van der Waals surface area (Å²) in [7, 11) is -4.75. The lowest BCUT2D eigenvalue weighted by Gasteiger charge is -2.51. The molecule has 0 aromatic rings. The molecule has 188 valence electrons. The zero-order valence-electron chi connectivity index (χ0n) is 20.3. The van der Waals surface area contributed by atoms with Crippen molar-refractivity contribution in [3.8, 4) is 0 Å². The van der Waals surface area contributed by atoms with Gasteiger partial charge in [0.05, 0.1) is 6.61 Å². The highest BCUT2D eigenvalue weighted by molar-refractivity contribution is 7.80. The summed E-state index contributed by atoms with van der Waals surface area (Å²) in [5.41, 5.74) is 2.48. The molecule has 1 N–H and O–H groups in total. The second kappa shape index (κ2) is 10.2. The van der Waals surface area contributed by atoms with Crippen molar-refractivity contribution in [3.63, 3.8) is 0 Å². The maximum atomic E-state index is 11.3. The van der Waals surface area contributed by atoms with E-state index < -0.39 is 22.7 Å². The van der Waals surface area contributed by atoms with E-state index in [1.54, 1.807) is 5.57 Å². The molecule has 3 aliphatic rings. The van der Waals surface area contributed by atoms with Gasteiger partial charge in [-0.05, 0) is 86.4 Å². The molecule has 0 saturated heterocycles. The summed E-state index contributed by atoms with van der Waals surface area (Å²) in [5, 5.41) is 9.76. The lowest BCUT2D eigenvalue weighted by Crippen LogP contribution is -2.40. The second-order valence-electron chi connectivity index (χ2n) is 11.3. The molecule has 7 nitrogen and oxygen atoms in total. The SMILES string of the molecule is C[C@H]1CC[C@@H]2CC(C)(C)CC=C2[C@@]1(C)CCC(CCCC1=CC(=O)OC1O)COS(=O)(=O)[O-]. The Morgan fingerprint density at radius 2 is 2.00 bits per heavy atom. The number of cyclic esters (lactones) is 1. The van der Waals surface area contributed by atoms with E-state index in [0.29, 0.717) is 42.1 Å². The zero-order chi connectivity index (χ0) is 24.4. The van der Waals surface area contributed by atoms with E-state index in [9.17, 15) is 22.9 Å². The molecule has 1 aliphatic heterocycles. The Kier molecular flexibility index (Phi) is 8.14. The van der Waals surface area contributed by atoms with Crippen LogP contribution in [-0.2, 0) is 24.1 Å². The van der Waals surface area contributed by atoms with Gasteiger partial charge in [-0.15, -0.1) is 0 Å². The fourth-order valence-corrected chi connectivity index (χ4v) is 6.40. The van der Waals surface area contributed by atoms with Gasteiger partial charge < -0.3 is 14.4 Å². The van der Waals surface area contributed by atoms with Crippen LogP contribution in [0.4, 0.5) is 0 Å². The van der Waals surface area contributed by atoms with Crippen molar-refractivity contribution in [3.05, 3.63) is 23.3 Å². The van der Waals surface area contributed by atoms with Crippen LogP contribution in [-0.4, -0.2) is 36.9 Å². The lowest BCUT2D eigenvalue weighted by atomic mass is 9.54. The Bertz CT molecular complexity index is 888. The van der Waals surface area contributed by atoms with Crippen molar-refractivity contribution >= 4 is 16.4 Å². The number of allylic oxidation sites excluding steroid dienone is 2. The van der Waals surface area contributed by atoms with Gasteiger partial charge in [-0.1, -0.05) is 39.3 Å². The van der Waals surface area contributed by atoms with Gasteiger partial charge in [0.2, 0.25) is 16.7 Å². The molecular formula is C25H39O7S-. The smallest absolute Gasteiger partial charge is 0.333 e. The second-order valence-corrected chi connectivity index (χ2v) is 12.4. The van der Waals surface area contributed by atoms with Crippen LogP contribution in [0.5, 0.6) is 0 Å². The Hall–Kier alpha value is -1.22. The number of hydrogen-bond acceptors (Lipinski definition) is 7. The lowest BCUT2D eigenvalue weighted by molar-refractivity contribution is -0.151. The number of aliphatic hydroxyl groups excluding tert-OH is 1. The highest BCUT2D eigenvalue weighted by atomic mass is 32.3. The van der Waals surface area contributed by atoms with Crippen molar-refractivity contribution in [2.45, 2.75) is 91.8 Å². The van der Waals surface area contributed by atoms with Crippen molar-refractivity contribution in [2.24, 2.45) is 28.6 Å². The quantitative estimate of drug-likeness (QED) is 0.209. The van der Waals surface area contributed by atoms with Crippen LogP contribution in [0, 0.1) is 28.6 Å². The third kappa shape index (κ3) is 6.90. The number of rotatable bonds is 10. The molecule has 0 radical (unpaired) electrons. The third-order valence-electron chi connectivity index (χ3n) is 8.25. The molecule has 5 atom stereocenters. The molecule has 0 bridgehead atoms. The third-order valence-corrected chi connectivity index (χ3v) is 8.68. The van der Waals surface area contributed by atoms with Crippen LogP contribution in [0.3, 0.4) is 0 Å². The Balaban J connectivity index is 1.66. The minimum atomic E-state index is -4.75. The van der Waals surface area contributed by atoms with Crippen LogP contribution in [0.15, 0.2) is 23.3 Å². The standard InChI is InChI=1S/C25H40O7S/c1-17-8-9-20-15-24(2,3)12-11-21(20)25(17,4)13-10-18(16-31-33(28,29)30)6-5-7-19-14-22(26)32-23(19)27/h11,14,17-18,20,23,27H,5-10,12-13,15-16H2,1-4H3,(H,28,29,30)/p-1/t17-,18?,20+,23?,25-/m0/s1. The van der Waals surface area contributed by atoms with Gasteiger partial charge in [-0.3, -0.25) is 4.18 Å². The van der Waals surface area contributed by atoms with Crippen LogP contribution in [0.25, 0.3) is 0 Å². The Labute approximate surface area is 198 Å². The molecule has 0 aromatic heterocycles. The molecule has 2 aliphatic carbocycles. The fraction of sp³-hybridized carbons (Fsp3) is 0.800. The van der Waals surface area contributed by atoms with E-state index in [2.05, 4.69) is 38.0 Å². The van der Waals surface area contributed by atoms with Gasteiger partial charge in [-0.2, -0.15) is 0 Å². The Morgan fingerprint density at radius 1 is 1.27 bits per heavy atom. The van der Waals surface area contributed by atoms with Crippen molar-refractivity contribution in [1.82, 2.24) is 0 Å². The summed E-state index contributed by atoms with van der Waals surface area (Å²) >= 11 is 0. The van der Waals surface area contributed by atoms with Gasteiger partial charge in [0.25, 0.3) is 0 Å². The summed E-state index contributed by atoms with van der Waals surface area (Å²) in [5.74, 6) is 0.495. The molecule has 33 heavy (non-hydrogen) atoms. The maximum Gasteiger partial charge on any atom is 0.333 e. The van der Waals surface area contributed by atoms with E-state index in [4.69, 9.17) is 4.74 Å². The number of ether oxygens (including phenoxy) is 1. The molecule has 1 fully saturated rings. The van der Waals surface area contributed by atoms with Gasteiger partial charge >= 0.3 is 5.97 Å². The highest BCUT2D eigenvalue weighted by Gasteiger charge is 2.45. The molecular weight excluding hydrogens is 444 g/mol. The van der Waals surface area contributed by atoms with E-state index in [0.717, 1.165) is 19.3 Å². The normalized spacial score (nSPS) is 32.5. The summed E-state index contributed by atoms with van der Waals surface area (Å²) in [6, 6.07) is 0. The van der Waals surface area contributed by atoms with Gasteiger partial charge in [0.1, 0.15) is 0 Å². The molecule has 0 amide bonds. The van der Waals surface area contributed by atoms with Crippen molar-refractivity contribution in [1.29, 1.82) is 0 Å². The largest absolute Gasteiger partial charge is 0.726 e. The first-order valence-corrected chi connectivity index (χ1v) is 13.5. The van der Waals surface area contributed by atoms with Crippen LogP contribution >= 0.6 is 0 Å². The average molecular weight is 484 g/mol. The minimum absolute atomic E-state index is 0.0540. The van der Waals surface area contributed by atoms with Crippen LogP contribution in [0.1, 0.15) is 85.5 Å². The first-order valence-electron chi connectivity index (χ1n) is 12.2. The van der Waals surface area contributed by atoms with Crippen LogP contribution < -0.4 is 0 Å². The summed E-state index contributed by atoms with van der Waals surface area (Å²) in [6.07, 6.45) is 10.7. The van der Waals surface area contributed by atoms with Gasteiger partial charge in [0, 0.05) is 11.6 Å². The predicted molar refractivity (Wildman–Crippen MR) is 123 cm³/mol. The number of fused-ring (bicyclic) bond motifs is 1. The monoisotopic (exact) mass is 483 g/mol. The summed E-state index contributed by atoms with van der Waals surface area (Å²) in [6.45, 7) is 9.19. The van der Waals surface area contributed by atoms with E-state index in [-0.39, 0.29) is 17.9 Å². The van der Waals surface area contributed by atoms with Gasteiger partial charge in [0.15, 0.2) is 0 Å².